The number of esters is 1. The van der Waals surface area contributed by atoms with E-state index in [2.05, 4.69) is 86.2 Å². The summed E-state index contributed by atoms with van der Waals surface area (Å²) in [6.45, 7) is -0.270. The zero-order valence-electron chi connectivity index (χ0n) is 17.2. The van der Waals surface area contributed by atoms with Crippen LogP contribution in [0.5, 0.6) is 5.75 Å². The minimum Gasteiger partial charge on any atom is -0.421 e. The standard InChI is InChI=1S/C23H15Br3IN3O4/c24-14-9-13(21(18(26)10-14)34-23(33)16-6-2-4-8-19(16)27)11-29-30-20(31)12-28-22(32)15-5-1-3-7-17(15)25/h1-11H,12H2,(H,28,32)(H,30,31). The van der Waals surface area contributed by atoms with Crippen LogP contribution >= 0.6 is 70.4 Å². The van der Waals surface area contributed by atoms with E-state index in [0.717, 1.165) is 3.57 Å². The molecule has 7 nitrogen and oxygen atoms in total. The van der Waals surface area contributed by atoms with E-state index in [4.69, 9.17) is 4.74 Å². The molecule has 174 valence electrons. The molecule has 3 aromatic rings. The van der Waals surface area contributed by atoms with Gasteiger partial charge in [0, 0.05) is 18.1 Å². The number of hydrogen-bond acceptors (Lipinski definition) is 5. The van der Waals surface area contributed by atoms with Crippen LogP contribution in [0.4, 0.5) is 0 Å². The van der Waals surface area contributed by atoms with Gasteiger partial charge in [0.1, 0.15) is 0 Å². The maximum atomic E-state index is 12.7. The van der Waals surface area contributed by atoms with E-state index in [1.807, 2.05) is 6.07 Å². The van der Waals surface area contributed by atoms with Crippen LogP contribution in [0.15, 0.2) is 79.2 Å². The first-order valence-electron chi connectivity index (χ1n) is 9.56. The number of amides is 2. The molecular formula is C23H15Br3IN3O4. The second-order valence-corrected chi connectivity index (χ2v) is 10.4. The lowest BCUT2D eigenvalue weighted by molar-refractivity contribution is -0.120. The van der Waals surface area contributed by atoms with Gasteiger partial charge in [0.15, 0.2) is 5.75 Å². The van der Waals surface area contributed by atoms with Crippen LogP contribution in [0, 0.1) is 3.57 Å². The van der Waals surface area contributed by atoms with E-state index in [0.29, 0.717) is 30.1 Å². The fourth-order valence-corrected chi connectivity index (χ4v) is 5.08. The topological polar surface area (TPSA) is 96.9 Å². The molecule has 2 amide bonds. The normalized spacial score (nSPS) is 10.7. The molecule has 0 spiro atoms. The molecule has 0 atom stereocenters. The number of hydrazone groups is 1. The predicted molar refractivity (Wildman–Crippen MR) is 148 cm³/mol. The molecule has 0 aliphatic carbocycles. The average Bonchev–Trinajstić information content (AvgIpc) is 2.80. The molecule has 0 bridgehead atoms. The van der Waals surface area contributed by atoms with Crippen LogP contribution < -0.4 is 15.5 Å². The third kappa shape index (κ3) is 7.20. The Morgan fingerprint density at radius 2 is 1.62 bits per heavy atom. The van der Waals surface area contributed by atoms with Gasteiger partial charge in [-0.25, -0.2) is 10.2 Å². The van der Waals surface area contributed by atoms with Crippen molar-refractivity contribution in [2.75, 3.05) is 6.54 Å². The predicted octanol–water partition coefficient (Wildman–Crippen LogP) is 5.68. The fourth-order valence-electron chi connectivity index (χ4n) is 2.67. The van der Waals surface area contributed by atoms with Crippen molar-refractivity contribution in [3.05, 3.63) is 94.3 Å². The lowest BCUT2D eigenvalue weighted by Crippen LogP contribution is -2.35. The van der Waals surface area contributed by atoms with E-state index >= 15 is 0 Å². The van der Waals surface area contributed by atoms with E-state index in [1.54, 1.807) is 54.6 Å². The Balaban J connectivity index is 1.66. The summed E-state index contributed by atoms with van der Waals surface area (Å²) in [4.78, 5) is 37.0. The van der Waals surface area contributed by atoms with Crippen molar-refractivity contribution >= 4 is 94.4 Å². The van der Waals surface area contributed by atoms with Crippen molar-refractivity contribution in [2.24, 2.45) is 5.10 Å². The van der Waals surface area contributed by atoms with Gasteiger partial charge in [-0.1, -0.05) is 40.2 Å². The number of nitrogens with one attached hydrogen (secondary N) is 2. The molecule has 0 saturated heterocycles. The minimum absolute atomic E-state index is 0.244. The van der Waals surface area contributed by atoms with Gasteiger partial charge >= 0.3 is 5.97 Å². The number of carbonyl (C=O) groups is 3. The van der Waals surface area contributed by atoms with Gasteiger partial charge in [0.2, 0.25) is 0 Å². The monoisotopic (exact) mass is 761 g/mol. The molecule has 0 heterocycles. The summed E-state index contributed by atoms with van der Waals surface area (Å²) in [5.74, 6) is -1.20. The highest BCUT2D eigenvalue weighted by atomic mass is 127. The first-order valence-corrected chi connectivity index (χ1v) is 13.0. The van der Waals surface area contributed by atoms with Gasteiger partial charge in [-0.15, -0.1) is 0 Å². The van der Waals surface area contributed by atoms with E-state index in [9.17, 15) is 14.4 Å². The molecule has 0 radical (unpaired) electrons. The maximum Gasteiger partial charge on any atom is 0.344 e. The summed E-state index contributed by atoms with van der Waals surface area (Å²) in [5, 5.41) is 6.46. The van der Waals surface area contributed by atoms with Crippen LogP contribution in [0.25, 0.3) is 0 Å². The molecule has 2 N–H and O–H groups in total. The lowest BCUT2D eigenvalue weighted by Gasteiger charge is -2.11. The number of hydrogen-bond donors (Lipinski definition) is 2. The molecule has 0 aromatic heterocycles. The zero-order chi connectivity index (χ0) is 24.7. The van der Waals surface area contributed by atoms with Crippen molar-refractivity contribution in [2.45, 2.75) is 0 Å². The molecule has 3 aromatic carbocycles. The molecular weight excluding hydrogens is 749 g/mol. The molecule has 34 heavy (non-hydrogen) atoms. The summed E-state index contributed by atoms with van der Waals surface area (Å²) in [7, 11) is 0. The highest BCUT2D eigenvalue weighted by molar-refractivity contribution is 14.1. The third-order valence-electron chi connectivity index (χ3n) is 4.25. The molecule has 0 fully saturated rings. The Labute approximate surface area is 234 Å². The summed E-state index contributed by atoms with van der Waals surface area (Å²) in [6.07, 6.45) is 1.35. The number of ether oxygens (including phenoxy) is 1. The van der Waals surface area contributed by atoms with Crippen molar-refractivity contribution in [1.82, 2.24) is 10.7 Å². The van der Waals surface area contributed by atoms with Gasteiger partial charge in [-0.05, 0) is 90.8 Å². The SMILES string of the molecule is O=C(CNC(=O)c1ccccc1Br)NN=Cc1cc(Br)cc(Br)c1OC(=O)c1ccccc1I. The maximum absolute atomic E-state index is 12.7. The largest absolute Gasteiger partial charge is 0.421 e. The lowest BCUT2D eigenvalue weighted by atomic mass is 10.2. The highest BCUT2D eigenvalue weighted by Gasteiger charge is 2.17. The van der Waals surface area contributed by atoms with Gasteiger partial charge in [-0.2, -0.15) is 5.10 Å². The molecule has 0 aliphatic rings. The Morgan fingerprint density at radius 1 is 0.941 bits per heavy atom. The van der Waals surface area contributed by atoms with Crippen LogP contribution in [0.1, 0.15) is 26.3 Å². The summed E-state index contributed by atoms with van der Waals surface area (Å²) < 4.78 is 8.23. The molecule has 11 heteroatoms. The van der Waals surface area contributed by atoms with E-state index in [1.165, 1.54) is 6.21 Å². The van der Waals surface area contributed by atoms with Crippen LogP contribution in [0.2, 0.25) is 0 Å². The number of nitrogens with zero attached hydrogens (tertiary/aromatic N) is 1. The third-order valence-corrected chi connectivity index (χ3v) is 6.93. The van der Waals surface area contributed by atoms with Crippen molar-refractivity contribution in [1.29, 1.82) is 0 Å². The second-order valence-electron chi connectivity index (χ2n) is 6.63. The van der Waals surface area contributed by atoms with Gasteiger partial charge in [-0.3, -0.25) is 9.59 Å². The van der Waals surface area contributed by atoms with Gasteiger partial charge in [0.25, 0.3) is 11.8 Å². The van der Waals surface area contributed by atoms with E-state index < -0.39 is 17.8 Å². The highest BCUT2D eigenvalue weighted by Crippen LogP contribution is 2.33. The minimum atomic E-state index is -0.526. The summed E-state index contributed by atoms with van der Waals surface area (Å²) in [6, 6.07) is 17.4. The molecule has 0 unspecified atom stereocenters. The first-order chi connectivity index (χ1) is 16.3. The van der Waals surface area contributed by atoms with Crippen LogP contribution in [0.3, 0.4) is 0 Å². The number of carbonyl (C=O) groups excluding carboxylic acids is 3. The van der Waals surface area contributed by atoms with Crippen molar-refractivity contribution in [3.8, 4) is 5.75 Å². The number of benzene rings is 3. The summed E-state index contributed by atoms with van der Waals surface area (Å²) >= 11 is 12.1. The van der Waals surface area contributed by atoms with Crippen molar-refractivity contribution in [3.63, 3.8) is 0 Å². The second kappa shape index (κ2) is 12.6. The van der Waals surface area contributed by atoms with Gasteiger partial charge in [0.05, 0.1) is 28.4 Å². The Morgan fingerprint density at radius 3 is 2.32 bits per heavy atom. The van der Waals surface area contributed by atoms with Crippen molar-refractivity contribution < 1.29 is 19.1 Å². The zero-order valence-corrected chi connectivity index (χ0v) is 24.1. The fraction of sp³-hybridized carbons (Fsp3) is 0.0435. The van der Waals surface area contributed by atoms with Crippen LogP contribution in [-0.2, 0) is 4.79 Å². The Hall–Kier alpha value is -2.09. The smallest absolute Gasteiger partial charge is 0.344 e. The number of rotatable bonds is 7. The Kier molecular flexibility index (Phi) is 9.80. The summed E-state index contributed by atoms with van der Waals surface area (Å²) in [5.41, 5.74) is 3.63. The molecule has 0 saturated carbocycles. The quantitative estimate of drug-likeness (QED) is 0.107. The van der Waals surface area contributed by atoms with Crippen LogP contribution in [-0.4, -0.2) is 30.5 Å². The number of halogens is 4. The first kappa shape index (κ1) is 26.5. The molecule has 3 rings (SSSR count). The van der Waals surface area contributed by atoms with Gasteiger partial charge < -0.3 is 10.1 Å². The Bertz CT molecular complexity index is 1280. The average molecular weight is 764 g/mol. The van der Waals surface area contributed by atoms with E-state index in [-0.39, 0.29) is 12.3 Å². The molecule has 0 aliphatic heterocycles.